The predicted molar refractivity (Wildman–Crippen MR) is 132 cm³/mol. The molecule has 10 heteroatoms. The number of aromatic nitrogens is 5. The monoisotopic (exact) mass is 482 g/mol. The van der Waals surface area contributed by atoms with Crippen LogP contribution in [0.4, 0.5) is 5.69 Å². The van der Waals surface area contributed by atoms with E-state index in [2.05, 4.69) is 57.2 Å². The number of hydrogen-bond acceptors (Lipinski definition) is 8. The molecule has 0 fully saturated rings. The van der Waals surface area contributed by atoms with Gasteiger partial charge in [0.2, 0.25) is 5.91 Å². The number of rotatable bonds is 10. The molecule has 0 radical (unpaired) electrons. The fourth-order valence-electron chi connectivity index (χ4n) is 3.27. The Balaban J connectivity index is 1.40. The van der Waals surface area contributed by atoms with Crippen molar-refractivity contribution in [1.82, 2.24) is 23.5 Å². The number of benzene rings is 2. The van der Waals surface area contributed by atoms with Gasteiger partial charge in [-0.05, 0) is 42.2 Å². The van der Waals surface area contributed by atoms with Crippen LogP contribution in [0.1, 0.15) is 32.2 Å². The van der Waals surface area contributed by atoms with E-state index in [1.807, 2.05) is 34.9 Å². The maximum absolute atomic E-state index is 12.6. The largest absolute Gasteiger partial charge is 0.486 e. The average Bonchev–Trinajstić information content (AvgIpc) is 3.44. The Labute approximate surface area is 201 Å². The summed E-state index contributed by atoms with van der Waals surface area (Å²) in [4.78, 5) is 12.6. The lowest BCUT2D eigenvalue weighted by Gasteiger charge is -2.13. The molecule has 0 aliphatic heterocycles. The van der Waals surface area contributed by atoms with Crippen LogP contribution in [-0.2, 0) is 24.4 Å². The van der Waals surface area contributed by atoms with Crippen molar-refractivity contribution in [2.45, 2.75) is 45.5 Å². The summed E-state index contributed by atoms with van der Waals surface area (Å²) in [6, 6.07) is 13.6. The second-order valence-electron chi connectivity index (χ2n) is 7.96. The van der Waals surface area contributed by atoms with Crippen molar-refractivity contribution >= 4 is 46.1 Å². The van der Waals surface area contributed by atoms with Crippen LogP contribution in [0.2, 0.25) is 0 Å². The van der Waals surface area contributed by atoms with E-state index in [4.69, 9.17) is 4.74 Å². The van der Waals surface area contributed by atoms with Crippen molar-refractivity contribution in [3.63, 3.8) is 0 Å². The van der Waals surface area contributed by atoms with Crippen molar-refractivity contribution in [3.05, 3.63) is 53.9 Å². The van der Waals surface area contributed by atoms with Crippen LogP contribution in [0.5, 0.6) is 5.75 Å². The number of nitrogens with one attached hydrogen (secondary N) is 1. The van der Waals surface area contributed by atoms with Gasteiger partial charge in [-0.1, -0.05) is 50.7 Å². The third kappa shape index (κ3) is 5.88. The Bertz CT molecular complexity index is 1220. The number of aryl methyl sites for hydroxylation is 1. The summed E-state index contributed by atoms with van der Waals surface area (Å²) in [6.07, 6.45) is 0.993. The Morgan fingerprint density at radius 1 is 1.15 bits per heavy atom. The summed E-state index contributed by atoms with van der Waals surface area (Å²) in [5.74, 6) is 2.01. The first-order valence-electron chi connectivity index (χ1n) is 10.8. The zero-order valence-corrected chi connectivity index (χ0v) is 20.4. The van der Waals surface area contributed by atoms with E-state index in [0.29, 0.717) is 28.9 Å². The van der Waals surface area contributed by atoms with Crippen molar-refractivity contribution in [1.29, 1.82) is 0 Å². The van der Waals surface area contributed by atoms with Crippen LogP contribution < -0.4 is 10.1 Å². The molecule has 0 aliphatic carbocycles. The van der Waals surface area contributed by atoms with Crippen LogP contribution in [0.15, 0.2) is 47.6 Å². The van der Waals surface area contributed by atoms with E-state index in [1.165, 1.54) is 17.3 Å². The number of fused-ring (bicyclic) bond motifs is 1. The number of thioether (sulfide) groups is 1. The Morgan fingerprint density at radius 2 is 1.97 bits per heavy atom. The van der Waals surface area contributed by atoms with Gasteiger partial charge in [0.05, 0.1) is 23.2 Å². The molecule has 0 spiro atoms. The van der Waals surface area contributed by atoms with E-state index in [0.717, 1.165) is 41.8 Å². The Morgan fingerprint density at radius 3 is 2.73 bits per heavy atom. The number of carbonyl (C=O) groups excluding carboxylic acids is 1. The van der Waals surface area contributed by atoms with Crippen molar-refractivity contribution in [3.8, 4) is 5.75 Å². The van der Waals surface area contributed by atoms with Gasteiger partial charge in [-0.2, -0.15) is 8.75 Å². The van der Waals surface area contributed by atoms with Crippen molar-refractivity contribution in [2.75, 3.05) is 11.1 Å². The summed E-state index contributed by atoms with van der Waals surface area (Å²) in [5, 5.41) is 12.3. The minimum Gasteiger partial charge on any atom is -0.486 e. The van der Waals surface area contributed by atoms with Crippen LogP contribution in [0, 0.1) is 5.92 Å². The van der Waals surface area contributed by atoms with Gasteiger partial charge in [0.15, 0.2) is 11.0 Å². The molecule has 0 bridgehead atoms. The molecule has 2 aromatic heterocycles. The molecule has 33 heavy (non-hydrogen) atoms. The smallest absolute Gasteiger partial charge is 0.234 e. The fourth-order valence-corrected chi connectivity index (χ4v) is 4.59. The average molecular weight is 483 g/mol. The van der Waals surface area contributed by atoms with Crippen LogP contribution in [-0.4, -0.2) is 35.2 Å². The Hall–Kier alpha value is -2.98. The topological polar surface area (TPSA) is 94.8 Å². The molecule has 0 unspecified atom stereocenters. The number of amides is 1. The molecule has 172 valence electrons. The molecule has 0 saturated heterocycles. The summed E-state index contributed by atoms with van der Waals surface area (Å²) in [6.45, 7) is 7.46. The van der Waals surface area contributed by atoms with Gasteiger partial charge in [0.25, 0.3) is 0 Å². The molecule has 0 saturated carbocycles. The number of ether oxygens (including phenoxy) is 1. The fraction of sp³-hybridized carbons (Fsp3) is 0.348. The lowest BCUT2D eigenvalue weighted by atomic mass is 10.2. The van der Waals surface area contributed by atoms with Gasteiger partial charge in [-0.15, -0.1) is 10.2 Å². The van der Waals surface area contributed by atoms with Gasteiger partial charge in [0.1, 0.15) is 23.4 Å². The van der Waals surface area contributed by atoms with Gasteiger partial charge in [-0.25, -0.2) is 0 Å². The zero-order valence-electron chi connectivity index (χ0n) is 18.8. The minimum absolute atomic E-state index is 0.131. The second kappa shape index (κ2) is 10.8. The quantitative estimate of drug-likeness (QED) is 0.324. The summed E-state index contributed by atoms with van der Waals surface area (Å²) in [5.41, 5.74) is 3.41. The molecule has 0 aliphatic rings. The highest BCUT2D eigenvalue weighted by atomic mass is 32.2. The maximum atomic E-state index is 12.6. The van der Waals surface area contributed by atoms with Gasteiger partial charge in [-0.3, -0.25) is 4.79 Å². The minimum atomic E-state index is -0.131. The first-order chi connectivity index (χ1) is 16.0. The zero-order chi connectivity index (χ0) is 23.2. The molecular weight excluding hydrogens is 456 g/mol. The van der Waals surface area contributed by atoms with E-state index in [9.17, 15) is 4.79 Å². The number of anilines is 1. The first kappa shape index (κ1) is 23.2. The molecule has 0 atom stereocenters. The van der Waals surface area contributed by atoms with Crippen molar-refractivity contribution < 1.29 is 9.53 Å². The summed E-state index contributed by atoms with van der Waals surface area (Å²) < 4.78 is 16.5. The van der Waals surface area contributed by atoms with E-state index in [-0.39, 0.29) is 11.7 Å². The van der Waals surface area contributed by atoms with Gasteiger partial charge < -0.3 is 14.6 Å². The number of hydrogen-bond donors (Lipinski definition) is 1. The van der Waals surface area contributed by atoms with Crippen LogP contribution in [0.3, 0.4) is 0 Å². The van der Waals surface area contributed by atoms with Crippen molar-refractivity contribution in [2.24, 2.45) is 5.92 Å². The third-order valence-electron chi connectivity index (χ3n) is 4.93. The normalized spacial score (nSPS) is 11.3. The maximum Gasteiger partial charge on any atom is 0.234 e. The summed E-state index contributed by atoms with van der Waals surface area (Å²) in [7, 11) is 0. The van der Waals surface area contributed by atoms with Crippen LogP contribution in [0.25, 0.3) is 11.0 Å². The highest BCUT2D eigenvalue weighted by Crippen LogP contribution is 2.23. The van der Waals surface area contributed by atoms with E-state index >= 15 is 0 Å². The molecule has 4 rings (SSSR count). The first-order valence-corrected chi connectivity index (χ1v) is 12.5. The highest BCUT2D eigenvalue weighted by molar-refractivity contribution is 7.99. The predicted octanol–water partition coefficient (Wildman–Crippen LogP) is 4.81. The second-order valence-corrected chi connectivity index (χ2v) is 9.43. The third-order valence-corrected chi connectivity index (χ3v) is 6.44. The van der Waals surface area contributed by atoms with Crippen LogP contribution >= 0.6 is 23.5 Å². The molecule has 4 aromatic rings. The van der Waals surface area contributed by atoms with Gasteiger partial charge >= 0.3 is 0 Å². The lowest BCUT2D eigenvalue weighted by molar-refractivity contribution is -0.113. The molecule has 1 N–H and O–H groups in total. The highest BCUT2D eigenvalue weighted by Gasteiger charge is 2.17. The molecular formula is C23H26N6O2S2. The van der Waals surface area contributed by atoms with Gasteiger partial charge in [0, 0.05) is 6.54 Å². The van der Waals surface area contributed by atoms with E-state index in [1.54, 1.807) is 0 Å². The SMILES string of the molecule is CCc1ccc(OCc2nnc(SCC(=O)Nc3cccc4nsnc34)n2CC(C)C)cc1. The Kier molecular flexibility index (Phi) is 7.56. The number of nitrogens with zero attached hydrogens (tertiary/aromatic N) is 5. The lowest BCUT2D eigenvalue weighted by Crippen LogP contribution is -2.16. The molecule has 2 aromatic carbocycles. The molecule has 8 nitrogen and oxygen atoms in total. The standard InChI is InChI=1S/C23H26N6O2S2/c1-4-16-8-10-17(11-9-16)31-13-20-25-26-23(29(20)12-15(2)3)32-14-21(30)24-18-6-5-7-19-22(18)28-33-27-19/h5-11,15H,4,12-14H2,1-3H3,(H,24,30). The molecule has 1 amide bonds. The molecule has 2 heterocycles. The number of carbonyl (C=O) groups is 1. The van der Waals surface area contributed by atoms with E-state index < -0.39 is 0 Å². The summed E-state index contributed by atoms with van der Waals surface area (Å²) >= 11 is 2.49.